The molecule has 0 N–H and O–H groups in total. The van der Waals surface area contributed by atoms with Crippen LogP contribution in [0.4, 0.5) is 11.4 Å². The summed E-state index contributed by atoms with van der Waals surface area (Å²) in [6, 6.07) is 25.1. The normalized spacial score (nSPS) is 13.7. The first-order valence-electron chi connectivity index (χ1n) is 10.8. The Balaban J connectivity index is 0.000000195. The van der Waals surface area contributed by atoms with E-state index in [0.29, 0.717) is 0 Å². The van der Waals surface area contributed by atoms with Gasteiger partial charge in [-0.3, -0.25) is 0 Å². The molecule has 1 heterocycles. The Labute approximate surface area is 204 Å². The van der Waals surface area contributed by atoms with Crippen molar-refractivity contribution in [1.29, 1.82) is 0 Å². The van der Waals surface area contributed by atoms with Crippen molar-refractivity contribution in [3.63, 3.8) is 0 Å². The Hall–Kier alpha value is -2.16. The minimum Gasteiger partial charge on any atom is -0.502 e. The van der Waals surface area contributed by atoms with Gasteiger partial charge in [0.2, 0.25) is 0 Å². The number of para-hydroxylation sites is 3. The van der Waals surface area contributed by atoms with Crippen molar-refractivity contribution >= 4 is 25.7 Å². The Morgan fingerprint density at radius 3 is 1.84 bits per heavy atom. The van der Waals surface area contributed by atoms with Gasteiger partial charge in [-0.25, -0.2) is 0 Å². The summed E-state index contributed by atoms with van der Waals surface area (Å²) in [7, 11) is 5.72. The molecule has 5 heteroatoms. The van der Waals surface area contributed by atoms with E-state index >= 15 is 0 Å². The van der Waals surface area contributed by atoms with Crippen LogP contribution in [0, 0.1) is 20.5 Å². The van der Waals surface area contributed by atoms with Crippen molar-refractivity contribution in [2.45, 2.75) is 33.8 Å². The zero-order valence-electron chi connectivity index (χ0n) is 19.1. The minimum atomic E-state index is -0.191. The molecule has 0 amide bonds. The van der Waals surface area contributed by atoms with Gasteiger partial charge in [0.25, 0.3) is 0 Å². The van der Waals surface area contributed by atoms with E-state index in [4.69, 9.17) is 14.4 Å². The maximum Gasteiger partial charge on any atom is 0.0116 e. The van der Waals surface area contributed by atoms with Gasteiger partial charge in [-0.2, -0.15) is 6.67 Å². The second kappa shape index (κ2) is 12.2. The summed E-state index contributed by atoms with van der Waals surface area (Å²) in [5.41, 5.74) is 6.36. The van der Waals surface area contributed by atoms with Gasteiger partial charge in [-0.15, -0.1) is 0 Å². The number of aryl methyl sites for hydroxylation is 2. The molecule has 1 aliphatic heterocycles. The number of hydrogen-bond donors (Lipinski definition) is 0. The van der Waals surface area contributed by atoms with Gasteiger partial charge in [0, 0.05) is 24.5 Å². The summed E-state index contributed by atoms with van der Waals surface area (Å²) in [5, 5.41) is 0. The molecule has 0 bridgehead atoms. The maximum absolute atomic E-state index is 5.72. The largest absolute Gasteiger partial charge is 0.502 e. The molecule has 0 atom stereocenters. The summed E-state index contributed by atoms with van der Waals surface area (Å²) in [4.78, 5) is 4.67. The Bertz CT molecular complexity index is 986. The Morgan fingerprint density at radius 2 is 1.34 bits per heavy atom. The van der Waals surface area contributed by atoms with Gasteiger partial charge in [-0.05, 0) is 37.1 Å². The SMILES string of the molecule is CC(C)Oc1ccccc1[CH]=[Ru][Cl].Cc1ccccc1N1[CH-]N(c2ccccc2C)CC1. The predicted octanol–water partition coefficient (Wildman–Crippen LogP) is 6.61. The molecule has 3 aromatic carbocycles. The number of anilines is 2. The van der Waals surface area contributed by atoms with E-state index in [-0.39, 0.29) is 21.8 Å². The van der Waals surface area contributed by atoms with Gasteiger partial charge < -0.3 is 9.80 Å². The van der Waals surface area contributed by atoms with E-state index in [1.165, 1.54) is 22.5 Å². The number of hydrogen-bond acceptors (Lipinski definition) is 3. The fraction of sp³-hybridized carbons (Fsp3) is 0.259. The molecule has 1 saturated heterocycles. The fourth-order valence-corrected chi connectivity index (χ4v) is 4.71. The summed E-state index contributed by atoms with van der Waals surface area (Å²) in [5.74, 6) is 0.924. The molecule has 0 unspecified atom stereocenters. The van der Waals surface area contributed by atoms with Crippen molar-refractivity contribution in [2.24, 2.45) is 0 Å². The van der Waals surface area contributed by atoms with Crippen LogP contribution in [0.15, 0.2) is 72.8 Å². The molecule has 1 fully saturated rings. The standard InChI is InChI=1S/C17H19N2.C10H12O.ClH.Ru/c1-14-7-3-5-9-16(14)18-11-12-19(13-18)17-10-6-4-8-15(17)2;1-8(2)11-10-7-5-4-6-9(10)3;;/h3-10,13H,11-12H2,1-2H3;3-8H,1-2H3;1H;/q-1;;;+1/p-1. The Kier molecular flexibility index (Phi) is 9.32. The van der Waals surface area contributed by atoms with E-state index in [0.717, 1.165) is 24.4 Å². The average Bonchev–Trinajstić information content (AvgIpc) is 3.26. The van der Waals surface area contributed by atoms with E-state index in [2.05, 4.69) is 78.8 Å². The van der Waals surface area contributed by atoms with Crippen molar-refractivity contribution in [3.8, 4) is 5.75 Å². The third kappa shape index (κ3) is 6.67. The van der Waals surface area contributed by atoms with Gasteiger partial charge in [-0.1, -0.05) is 36.4 Å². The third-order valence-corrected chi connectivity index (χ3v) is 6.33. The van der Waals surface area contributed by atoms with Crippen molar-refractivity contribution in [1.82, 2.24) is 0 Å². The first kappa shape index (κ1) is 24.5. The second-order valence-electron chi connectivity index (χ2n) is 7.96. The molecule has 32 heavy (non-hydrogen) atoms. The molecule has 0 spiro atoms. The van der Waals surface area contributed by atoms with E-state index in [1.54, 1.807) is 0 Å². The van der Waals surface area contributed by atoms with Gasteiger partial charge >= 0.3 is 90.3 Å². The zero-order chi connectivity index (χ0) is 22.9. The van der Waals surface area contributed by atoms with Crippen LogP contribution in [0.5, 0.6) is 5.75 Å². The molecular formula is C27H31ClN2ORu-. The first-order chi connectivity index (χ1) is 15.5. The van der Waals surface area contributed by atoms with Gasteiger partial charge in [0.05, 0.1) is 0 Å². The number of nitrogens with zero attached hydrogens (tertiary/aromatic N) is 2. The van der Waals surface area contributed by atoms with Crippen LogP contribution in [-0.4, -0.2) is 23.8 Å². The van der Waals surface area contributed by atoms with Crippen LogP contribution >= 0.6 is 9.69 Å². The molecule has 4 rings (SSSR count). The predicted molar refractivity (Wildman–Crippen MR) is 135 cm³/mol. The number of benzene rings is 3. The summed E-state index contributed by atoms with van der Waals surface area (Å²) in [6.07, 6.45) is 0.209. The van der Waals surface area contributed by atoms with Crippen LogP contribution < -0.4 is 14.5 Å². The fourth-order valence-electron chi connectivity index (χ4n) is 3.60. The van der Waals surface area contributed by atoms with Crippen LogP contribution in [0.2, 0.25) is 0 Å². The van der Waals surface area contributed by atoms with Crippen LogP contribution in [-0.2, 0) is 15.7 Å². The molecule has 0 aromatic heterocycles. The van der Waals surface area contributed by atoms with Crippen molar-refractivity contribution < 1.29 is 20.4 Å². The van der Waals surface area contributed by atoms with E-state index in [9.17, 15) is 0 Å². The van der Waals surface area contributed by atoms with E-state index in [1.807, 2.05) is 42.7 Å². The van der Waals surface area contributed by atoms with Crippen LogP contribution in [0.1, 0.15) is 30.5 Å². The smallest absolute Gasteiger partial charge is 0.0116 e. The molecule has 171 valence electrons. The average molecular weight is 536 g/mol. The molecule has 0 radical (unpaired) electrons. The quantitative estimate of drug-likeness (QED) is 0.270. The molecular weight excluding hydrogens is 505 g/mol. The molecule has 0 saturated carbocycles. The summed E-state index contributed by atoms with van der Waals surface area (Å²) >= 11 is -0.191. The van der Waals surface area contributed by atoms with Crippen LogP contribution in [0.25, 0.3) is 0 Å². The molecule has 3 aromatic rings. The van der Waals surface area contributed by atoms with E-state index < -0.39 is 0 Å². The maximum atomic E-state index is 5.72. The number of halogens is 1. The molecule has 3 nitrogen and oxygen atoms in total. The second-order valence-corrected chi connectivity index (χ2v) is 9.75. The summed E-state index contributed by atoms with van der Waals surface area (Å²) in [6.45, 7) is 12.7. The third-order valence-electron chi connectivity index (χ3n) is 5.14. The monoisotopic (exact) mass is 536 g/mol. The van der Waals surface area contributed by atoms with Crippen molar-refractivity contribution in [2.75, 3.05) is 22.9 Å². The zero-order valence-corrected chi connectivity index (χ0v) is 21.6. The van der Waals surface area contributed by atoms with Crippen molar-refractivity contribution in [3.05, 3.63) is 96.2 Å². The number of rotatable bonds is 5. The first-order valence-corrected chi connectivity index (χ1v) is 14.0. The summed E-state index contributed by atoms with van der Waals surface area (Å²) < 4.78 is 7.66. The topological polar surface area (TPSA) is 15.7 Å². The molecule has 1 aliphatic rings. The molecule has 0 aliphatic carbocycles. The minimum absolute atomic E-state index is 0.191. The van der Waals surface area contributed by atoms with Gasteiger partial charge in [0.15, 0.2) is 0 Å². The van der Waals surface area contributed by atoms with Gasteiger partial charge in [0.1, 0.15) is 0 Å². The number of ether oxygens (including phenoxy) is 1. The van der Waals surface area contributed by atoms with Crippen LogP contribution in [0.3, 0.4) is 0 Å². The Morgan fingerprint density at radius 1 is 0.844 bits per heavy atom.